The number of carbonyl (C=O) groups excluding carboxylic acids is 1. The topological polar surface area (TPSA) is 76.1 Å². The minimum atomic E-state index is -0.374. The number of aromatic nitrogens is 2. The predicted molar refractivity (Wildman–Crippen MR) is 67.7 cm³/mol. The van der Waals surface area contributed by atoms with E-state index in [1.807, 2.05) is 18.2 Å². The van der Waals surface area contributed by atoms with Crippen molar-refractivity contribution in [3.05, 3.63) is 42.5 Å². The van der Waals surface area contributed by atoms with Crippen LogP contribution >= 0.6 is 0 Å². The molecule has 0 saturated carbocycles. The zero-order valence-electron chi connectivity index (χ0n) is 9.75. The molecule has 0 unspecified atom stereocenters. The number of carbonyl (C=O) groups is 1. The molecule has 2 rings (SSSR count). The van der Waals surface area contributed by atoms with Gasteiger partial charge in [-0.15, -0.1) is 10.2 Å². The highest BCUT2D eigenvalue weighted by Gasteiger charge is 2.03. The van der Waals surface area contributed by atoms with Crippen molar-refractivity contribution in [3.8, 4) is 5.88 Å². The van der Waals surface area contributed by atoms with E-state index in [1.54, 1.807) is 24.3 Å². The Bertz CT molecular complexity index is 513. The van der Waals surface area contributed by atoms with E-state index in [9.17, 15) is 4.79 Å². The zero-order valence-corrected chi connectivity index (χ0v) is 9.75. The number of amides is 2. The summed E-state index contributed by atoms with van der Waals surface area (Å²) in [4.78, 5) is 11.6. The number of rotatable bonds is 3. The molecule has 0 saturated heterocycles. The van der Waals surface area contributed by atoms with Crippen molar-refractivity contribution in [3.63, 3.8) is 0 Å². The lowest BCUT2D eigenvalue weighted by molar-refractivity contribution is 0.262. The van der Waals surface area contributed by atoms with E-state index in [4.69, 9.17) is 4.74 Å². The number of nitrogens with one attached hydrogen (secondary N) is 2. The number of methoxy groups -OCH3 is 1. The first-order chi connectivity index (χ1) is 8.78. The highest BCUT2D eigenvalue weighted by Crippen LogP contribution is 2.09. The number of hydrogen-bond donors (Lipinski definition) is 2. The monoisotopic (exact) mass is 244 g/mol. The number of nitrogens with zero attached hydrogens (tertiary/aromatic N) is 2. The van der Waals surface area contributed by atoms with E-state index in [1.165, 1.54) is 7.11 Å². The summed E-state index contributed by atoms with van der Waals surface area (Å²) in [7, 11) is 1.50. The molecule has 2 N–H and O–H groups in total. The highest BCUT2D eigenvalue weighted by molar-refractivity contribution is 5.99. The lowest BCUT2D eigenvalue weighted by atomic mass is 10.3. The Hall–Kier alpha value is -2.63. The Morgan fingerprint density at radius 2 is 1.83 bits per heavy atom. The first kappa shape index (κ1) is 11.8. The van der Waals surface area contributed by atoms with Gasteiger partial charge in [0.25, 0.3) is 0 Å². The molecule has 0 aliphatic heterocycles. The lowest BCUT2D eigenvalue weighted by Crippen LogP contribution is -2.20. The van der Waals surface area contributed by atoms with Gasteiger partial charge in [-0.25, -0.2) is 4.79 Å². The van der Waals surface area contributed by atoms with Crippen LogP contribution in [-0.2, 0) is 0 Å². The van der Waals surface area contributed by atoms with Gasteiger partial charge in [0.2, 0.25) is 5.88 Å². The van der Waals surface area contributed by atoms with E-state index in [-0.39, 0.29) is 6.03 Å². The molecule has 92 valence electrons. The quantitative estimate of drug-likeness (QED) is 0.867. The van der Waals surface area contributed by atoms with Crippen molar-refractivity contribution in [2.45, 2.75) is 0 Å². The van der Waals surface area contributed by atoms with E-state index in [0.29, 0.717) is 17.4 Å². The lowest BCUT2D eigenvalue weighted by Gasteiger charge is -2.06. The summed E-state index contributed by atoms with van der Waals surface area (Å²) >= 11 is 0. The van der Waals surface area contributed by atoms with Gasteiger partial charge in [0.05, 0.1) is 7.11 Å². The maximum atomic E-state index is 11.6. The molecule has 6 nitrogen and oxygen atoms in total. The molecule has 1 heterocycles. The van der Waals surface area contributed by atoms with E-state index in [0.717, 1.165) is 0 Å². The normalized spacial score (nSPS) is 9.61. The van der Waals surface area contributed by atoms with Crippen molar-refractivity contribution in [2.24, 2.45) is 0 Å². The smallest absolute Gasteiger partial charge is 0.324 e. The first-order valence-corrected chi connectivity index (χ1v) is 5.29. The molecule has 18 heavy (non-hydrogen) atoms. The van der Waals surface area contributed by atoms with Gasteiger partial charge < -0.3 is 10.1 Å². The van der Waals surface area contributed by atoms with Crippen LogP contribution in [0, 0.1) is 0 Å². The number of anilines is 2. The van der Waals surface area contributed by atoms with Gasteiger partial charge >= 0.3 is 6.03 Å². The van der Waals surface area contributed by atoms with Crippen LogP contribution in [0.2, 0.25) is 0 Å². The van der Waals surface area contributed by atoms with Crippen molar-refractivity contribution in [1.29, 1.82) is 0 Å². The number of hydrogen-bond acceptors (Lipinski definition) is 4. The van der Waals surface area contributed by atoms with Gasteiger partial charge in [0.15, 0.2) is 5.82 Å². The summed E-state index contributed by atoms with van der Waals surface area (Å²) < 4.78 is 4.87. The van der Waals surface area contributed by atoms with Crippen LogP contribution < -0.4 is 15.4 Å². The first-order valence-electron chi connectivity index (χ1n) is 5.29. The molecule has 0 fully saturated rings. The fourth-order valence-corrected chi connectivity index (χ4v) is 1.30. The van der Waals surface area contributed by atoms with Crippen LogP contribution in [-0.4, -0.2) is 23.3 Å². The van der Waals surface area contributed by atoms with Crippen LogP contribution in [0.1, 0.15) is 0 Å². The summed E-state index contributed by atoms with van der Waals surface area (Å²) in [5.74, 6) is 0.744. The highest BCUT2D eigenvalue weighted by atomic mass is 16.5. The Balaban J connectivity index is 1.94. The second-order valence-electron chi connectivity index (χ2n) is 3.41. The van der Waals surface area contributed by atoms with E-state index >= 15 is 0 Å². The Labute approximate surface area is 104 Å². The average molecular weight is 244 g/mol. The molecule has 2 aromatic rings. The Morgan fingerprint density at radius 1 is 1.06 bits per heavy atom. The van der Waals surface area contributed by atoms with Crippen molar-refractivity contribution < 1.29 is 9.53 Å². The predicted octanol–water partition coefficient (Wildman–Crippen LogP) is 2.13. The van der Waals surface area contributed by atoms with Crippen molar-refractivity contribution >= 4 is 17.5 Å². The molecule has 6 heteroatoms. The fourth-order valence-electron chi connectivity index (χ4n) is 1.30. The molecule has 0 aliphatic carbocycles. The molecule has 0 atom stereocenters. The van der Waals surface area contributed by atoms with E-state index < -0.39 is 0 Å². The van der Waals surface area contributed by atoms with Crippen LogP contribution in [0.25, 0.3) is 0 Å². The van der Waals surface area contributed by atoms with Crippen LogP contribution in [0.3, 0.4) is 0 Å². The molecule has 0 radical (unpaired) electrons. The maximum Gasteiger partial charge on any atom is 0.324 e. The molecular formula is C12H12N4O2. The standard InChI is InChI=1S/C12H12N4O2/c1-18-11-8-7-10(15-16-11)14-12(17)13-9-5-3-2-4-6-9/h2-8H,1H3,(H2,13,14,15,17). The van der Waals surface area contributed by atoms with Crippen molar-refractivity contribution in [1.82, 2.24) is 10.2 Å². The third-order valence-electron chi connectivity index (χ3n) is 2.12. The number of benzene rings is 1. The summed E-state index contributed by atoms with van der Waals surface area (Å²) in [5, 5.41) is 12.8. The SMILES string of the molecule is COc1ccc(NC(=O)Nc2ccccc2)nn1. The fraction of sp³-hybridized carbons (Fsp3) is 0.0833. The summed E-state index contributed by atoms with van der Waals surface area (Å²) in [5.41, 5.74) is 0.705. The molecule has 0 spiro atoms. The Kier molecular flexibility index (Phi) is 3.70. The summed E-state index contributed by atoms with van der Waals surface area (Å²) in [6.07, 6.45) is 0. The second-order valence-corrected chi connectivity index (χ2v) is 3.41. The molecule has 1 aromatic carbocycles. The van der Waals surface area contributed by atoms with Gasteiger partial charge in [-0.1, -0.05) is 18.2 Å². The van der Waals surface area contributed by atoms with Crippen LogP contribution in [0.15, 0.2) is 42.5 Å². The minimum Gasteiger partial charge on any atom is -0.480 e. The van der Waals surface area contributed by atoms with Gasteiger partial charge in [-0.05, 0) is 18.2 Å². The maximum absolute atomic E-state index is 11.6. The summed E-state index contributed by atoms with van der Waals surface area (Å²) in [6.45, 7) is 0. The number of para-hydroxylation sites is 1. The van der Waals surface area contributed by atoms with Gasteiger partial charge in [-0.2, -0.15) is 0 Å². The van der Waals surface area contributed by atoms with Crippen LogP contribution in [0.5, 0.6) is 5.88 Å². The minimum absolute atomic E-state index is 0.351. The zero-order chi connectivity index (χ0) is 12.8. The third kappa shape index (κ3) is 3.18. The van der Waals surface area contributed by atoms with Gasteiger partial charge in [-0.3, -0.25) is 5.32 Å². The van der Waals surface area contributed by atoms with Crippen molar-refractivity contribution in [2.75, 3.05) is 17.7 Å². The molecule has 0 bridgehead atoms. The van der Waals surface area contributed by atoms with Gasteiger partial charge in [0.1, 0.15) is 0 Å². The average Bonchev–Trinajstić information content (AvgIpc) is 2.40. The molecule has 2 amide bonds. The number of ether oxygens (including phenoxy) is 1. The third-order valence-corrected chi connectivity index (χ3v) is 2.12. The van der Waals surface area contributed by atoms with E-state index in [2.05, 4.69) is 20.8 Å². The molecule has 0 aliphatic rings. The molecular weight excluding hydrogens is 232 g/mol. The Morgan fingerprint density at radius 3 is 2.44 bits per heavy atom. The van der Waals surface area contributed by atoms with Crippen LogP contribution in [0.4, 0.5) is 16.3 Å². The summed E-state index contributed by atoms with van der Waals surface area (Å²) in [6, 6.07) is 12.0. The molecule has 1 aromatic heterocycles. The second kappa shape index (κ2) is 5.62. The van der Waals surface area contributed by atoms with Gasteiger partial charge in [0, 0.05) is 11.8 Å². The number of urea groups is 1. The largest absolute Gasteiger partial charge is 0.480 e.